The van der Waals surface area contributed by atoms with Gasteiger partial charge in [0.1, 0.15) is 5.82 Å². The van der Waals surface area contributed by atoms with Crippen LogP contribution in [0.4, 0.5) is 9.18 Å². The number of hydrogen-bond acceptors (Lipinski definition) is 2. The maximum absolute atomic E-state index is 13.0. The van der Waals surface area contributed by atoms with Crippen molar-refractivity contribution in [3.05, 3.63) is 41.8 Å². The number of amides is 3. The van der Waals surface area contributed by atoms with Gasteiger partial charge in [-0.3, -0.25) is 4.79 Å². The molecule has 1 aliphatic rings. The standard InChI is InChI=1S/C15H18FN3O2/c16-13-3-1-2-11(10-13)4-7-18-15(21)19-8-5-12(6-9-19)14(17)20/h1-4,7,10,12H,5-6,8-9H2,(H2,17,20)(H,18,21)/b7-4+. The van der Waals surface area contributed by atoms with Crippen LogP contribution in [-0.4, -0.2) is 29.9 Å². The Morgan fingerprint density at radius 2 is 2.05 bits per heavy atom. The maximum atomic E-state index is 13.0. The number of primary amides is 1. The first-order valence-electron chi connectivity index (χ1n) is 6.83. The van der Waals surface area contributed by atoms with E-state index in [0.29, 0.717) is 31.5 Å². The second-order valence-electron chi connectivity index (χ2n) is 5.00. The molecule has 0 spiro atoms. The lowest BCUT2D eigenvalue weighted by atomic mass is 9.96. The largest absolute Gasteiger partial charge is 0.369 e. The number of urea groups is 1. The van der Waals surface area contributed by atoms with Crippen LogP contribution in [0.3, 0.4) is 0 Å². The van der Waals surface area contributed by atoms with Crippen molar-refractivity contribution in [1.29, 1.82) is 0 Å². The van der Waals surface area contributed by atoms with Crippen molar-refractivity contribution in [3.8, 4) is 0 Å². The van der Waals surface area contributed by atoms with Gasteiger partial charge in [0.15, 0.2) is 0 Å². The van der Waals surface area contributed by atoms with Crippen LogP contribution in [0.2, 0.25) is 0 Å². The van der Waals surface area contributed by atoms with Crippen molar-refractivity contribution < 1.29 is 14.0 Å². The van der Waals surface area contributed by atoms with Gasteiger partial charge in [-0.2, -0.15) is 0 Å². The summed E-state index contributed by atoms with van der Waals surface area (Å²) < 4.78 is 13.0. The molecule has 6 heteroatoms. The van der Waals surface area contributed by atoms with Gasteiger partial charge in [-0.25, -0.2) is 9.18 Å². The van der Waals surface area contributed by atoms with E-state index in [1.54, 1.807) is 23.1 Å². The molecule has 21 heavy (non-hydrogen) atoms. The average Bonchev–Trinajstić information content (AvgIpc) is 2.47. The van der Waals surface area contributed by atoms with E-state index < -0.39 is 0 Å². The van der Waals surface area contributed by atoms with Crippen molar-refractivity contribution in [2.45, 2.75) is 12.8 Å². The zero-order chi connectivity index (χ0) is 15.2. The topological polar surface area (TPSA) is 75.4 Å². The highest BCUT2D eigenvalue weighted by atomic mass is 19.1. The van der Waals surface area contributed by atoms with E-state index in [0.717, 1.165) is 0 Å². The van der Waals surface area contributed by atoms with Crippen molar-refractivity contribution in [1.82, 2.24) is 10.2 Å². The van der Waals surface area contributed by atoms with Gasteiger partial charge >= 0.3 is 6.03 Å². The smallest absolute Gasteiger partial charge is 0.321 e. The number of halogens is 1. The summed E-state index contributed by atoms with van der Waals surface area (Å²) in [7, 11) is 0. The fourth-order valence-corrected chi connectivity index (χ4v) is 2.28. The summed E-state index contributed by atoms with van der Waals surface area (Å²) in [5.41, 5.74) is 5.91. The first-order valence-corrected chi connectivity index (χ1v) is 6.83. The van der Waals surface area contributed by atoms with Crippen LogP contribution in [-0.2, 0) is 4.79 Å². The molecule has 0 bridgehead atoms. The van der Waals surface area contributed by atoms with E-state index in [4.69, 9.17) is 5.73 Å². The summed E-state index contributed by atoms with van der Waals surface area (Å²) in [5, 5.41) is 2.63. The third-order valence-corrected chi connectivity index (χ3v) is 3.52. The number of nitrogens with one attached hydrogen (secondary N) is 1. The average molecular weight is 291 g/mol. The normalized spacial score (nSPS) is 16.1. The molecule has 112 valence electrons. The van der Waals surface area contributed by atoms with Crippen LogP contribution in [0.5, 0.6) is 0 Å². The van der Waals surface area contributed by atoms with Gasteiger partial charge in [0.25, 0.3) is 0 Å². The molecule has 0 unspecified atom stereocenters. The van der Waals surface area contributed by atoms with Crippen molar-refractivity contribution in [2.75, 3.05) is 13.1 Å². The van der Waals surface area contributed by atoms with Crippen LogP contribution in [0.25, 0.3) is 6.08 Å². The molecule has 5 nitrogen and oxygen atoms in total. The monoisotopic (exact) mass is 291 g/mol. The zero-order valence-corrected chi connectivity index (χ0v) is 11.6. The predicted molar refractivity (Wildman–Crippen MR) is 77.5 cm³/mol. The number of rotatable bonds is 3. The number of carbonyl (C=O) groups is 2. The zero-order valence-electron chi connectivity index (χ0n) is 11.6. The van der Waals surface area contributed by atoms with Crippen LogP contribution in [0, 0.1) is 11.7 Å². The lowest BCUT2D eigenvalue weighted by Crippen LogP contribution is -2.45. The second kappa shape index (κ2) is 6.88. The third-order valence-electron chi connectivity index (χ3n) is 3.52. The Morgan fingerprint density at radius 3 is 2.67 bits per heavy atom. The lowest BCUT2D eigenvalue weighted by Gasteiger charge is -2.30. The Morgan fingerprint density at radius 1 is 1.33 bits per heavy atom. The Balaban J connectivity index is 1.81. The number of nitrogens with two attached hydrogens (primary N) is 1. The van der Waals surface area contributed by atoms with E-state index in [1.165, 1.54) is 18.3 Å². The van der Waals surface area contributed by atoms with Gasteiger partial charge in [-0.15, -0.1) is 0 Å². The third kappa shape index (κ3) is 4.30. The summed E-state index contributed by atoms with van der Waals surface area (Å²) >= 11 is 0. The number of carbonyl (C=O) groups excluding carboxylic acids is 2. The highest BCUT2D eigenvalue weighted by Crippen LogP contribution is 2.16. The van der Waals surface area contributed by atoms with Gasteiger partial charge < -0.3 is 16.0 Å². The van der Waals surface area contributed by atoms with Gasteiger partial charge in [0.2, 0.25) is 5.91 Å². The van der Waals surface area contributed by atoms with E-state index in [1.807, 2.05) is 0 Å². The summed E-state index contributed by atoms with van der Waals surface area (Å²) in [6.45, 7) is 1.01. The highest BCUT2D eigenvalue weighted by Gasteiger charge is 2.25. The van der Waals surface area contributed by atoms with Crippen LogP contribution in [0.15, 0.2) is 30.5 Å². The first kappa shape index (κ1) is 15.0. The minimum absolute atomic E-state index is 0.142. The summed E-state index contributed by atoms with van der Waals surface area (Å²) in [6, 6.07) is 5.85. The fraction of sp³-hybridized carbons (Fsp3) is 0.333. The fourth-order valence-electron chi connectivity index (χ4n) is 2.28. The van der Waals surface area contributed by atoms with Gasteiger partial charge in [-0.1, -0.05) is 12.1 Å². The highest BCUT2D eigenvalue weighted by molar-refractivity contribution is 5.78. The molecule has 0 aliphatic carbocycles. The van der Waals surface area contributed by atoms with E-state index in [9.17, 15) is 14.0 Å². The molecule has 1 aromatic carbocycles. The van der Waals surface area contributed by atoms with Crippen LogP contribution < -0.4 is 11.1 Å². The molecule has 0 radical (unpaired) electrons. The number of nitrogens with zero attached hydrogens (tertiary/aromatic N) is 1. The van der Waals surface area contributed by atoms with E-state index >= 15 is 0 Å². The Hall–Kier alpha value is -2.37. The predicted octanol–water partition coefficient (Wildman–Crippen LogP) is 1.70. The molecule has 3 amide bonds. The Kier molecular flexibility index (Phi) is 4.92. The minimum Gasteiger partial charge on any atom is -0.369 e. The van der Waals surface area contributed by atoms with Crippen LogP contribution >= 0.6 is 0 Å². The molecule has 1 heterocycles. The molecule has 1 fully saturated rings. The molecule has 0 aromatic heterocycles. The molecule has 0 saturated carbocycles. The number of piperidine rings is 1. The van der Waals surface area contributed by atoms with Gasteiger partial charge in [-0.05, 0) is 36.6 Å². The van der Waals surface area contributed by atoms with Crippen LogP contribution in [0.1, 0.15) is 18.4 Å². The summed E-state index contributed by atoms with van der Waals surface area (Å²) in [6.07, 6.45) is 4.29. The minimum atomic E-state index is -0.322. The van der Waals surface area contributed by atoms with Crippen molar-refractivity contribution in [3.63, 3.8) is 0 Å². The molecular formula is C15H18FN3O2. The second-order valence-corrected chi connectivity index (χ2v) is 5.00. The Bertz CT molecular complexity index is 552. The first-order chi connectivity index (χ1) is 10.1. The van der Waals surface area contributed by atoms with Gasteiger partial charge in [0, 0.05) is 25.2 Å². The number of hydrogen-bond donors (Lipinski definition) is 2. The molecule has 1 aromatic rings. The van der Waals surface area contributed by atoms with Gasteiger partial charge in [0.05, 0.1) is 0 Å². The van der Waals surface area contributed by atoms with Crippen molar-refractivity contribution in [2.24, 2.45) is 11.7 Å². The molecule has 1 saturated heterocycles. The molecule has 3 N–H and O–H groups in total. The lowest BCUT2D eigenvalue weighted by molar-refractivity contribution is -0.122. The van der Waals surface area contributed by atoms with Crippen molar-refractivity contribution >= 4 is 18.0 Å². The molecule has 1 aliphatic heterocycles. The number of benzene rings is 1. The molecule has 2 rings (SSSR count). The quantitative estimate of drug-likeness (QED) is 0.889. The number of likely N-dealkylation sites (tertiary alicyclic amines) is 1. The summed E-state index contributed by atoms with van der Waals surface area (Å²) in [5.74, 6) is -0.769. The van der Waals surface area contributed by atoms with E-state index in [2.05, 4.69) is 5.32 Å². The molecular weight excluding hydrogens is 273 g/mol. The SMILES string of the molecule is NC(=O)C1CCN(C(=O)N/C=C/c2cccc(F)c2)CC1. The van der Waals surface area contributed by atoms with E-state index in [-0.39, 0.29) is 23.7 Å². The maximum Gasteiger partial charge on any atom is 0.321 e. The summed E-state index contributed by atoms with van der Waals surface area (Å²) in [4.78, 5) is 24.6. The Labute approximate surface area is 122 Å². The molecule has 0 atom stereocenters.